The third kappa shape index (κ3) is 11.1. The van der Waals surface area contributed by atoms with Crippen LogP contribution in [-0.4, -0.2) is 45.5 Å². The maximum Gasteiger partial charge on any atom is 0.331 e. The summed E-state index contributed by atoms with van der Waals surface area (Å²) in [4.78, 5) is 48.8. The summed E-state index contributed by atoms with van der Waals surface area (Å²) in [6, 6.07) is 23.8. The fourth-order valence-electron chi connectivity index (χ4n) is 5.82. The van der Waals surface area contributed by atoms with Gasteiger partial charge in [0.25, 0.3) is 5.91 Å². The fraction of sp³-hybridized carbons (Fsp3) is 0.326. The number of unbranched alkanes of at least 4 members (excludes halogenated alkanes) is 4. The number of ether oxygens (including phenoxy) is 1. The number of amides is 2. The van der Waals surface area contributed by atoms with Crippen LogP contribution in [0.3, 0.4) is 0 Å². The van der Waals surface area contributed by atoms with Crippen molar-refractivity contribution in [3.63, 3.8) is 0 Å². The van der Waals surface area contributed by atoms with Crippen LogP contribution in [0.2, 0.25) is 0 Å². The van der Waals surface area contributed by atoms with Crippen molar-refractivity contribution in [3.8, 4) is 28.3 Å². The SMILES string of the molecule is CCCCCCCOc1ccc(-c2cnc(-c3ccc(C[C@H](NC(=O)c4ccc(C(C)(C)C)cc4)C(=O)NC(C(=O)O)c4cccs4)cc3)nc2)cc1. The van der Waals surface area contributed by atoms with E-state index < -0.39 is 29.9 Å². The predicted octanol–water partition coefficient (Wildman–Crippen LogP) is 8.80. The molecular weight excluding hydrogens is 685 g/mol. The maximum atomic E-state index is 13.6. The van der Waals surface area contributed by atoms with Crippen molar-refractivity contribution in [2.75, 3.05) is 6.61 Å². The highest BCUT2D eigenvalue weighted by Gasteiger charge is 2.29. The summed E-state index contributed by atoms with van der Waals surface area (Å²) >= 11 is 1.24. The summed E-state index contributed by atoms with van der Waals surface area (Å²) in [5.74, 6) is -0.826. The van der Waals surface area contributed by atoms with Crippen molar-refractivity contribution < 1.29 is 24.2 Å². The van der Waals surface area contributed by atoms with E-state index in [-0.39, 0.29) is 11.8 Å². The lowest BCUT2D eigenvalue weighted by molar-refractivity contribution is -0.142. The van der Waals surface area contributed by atoms with Crippen LogP contribution in [0.4, 0.5) is 0 Å². The number of benzene rings is 3. The van der Waals surface area contributed by atoms with Crippen molar-refractivity contribution in [2.45, 2.75) is 83.7 Å². The van der Waals surface area contributed by atoms with Crippen LogP contribution >= 0.6 is 11.3 Å². The second-order valence-corrected chi connectivity index (χ2v) is 15.1. The molecule has 0 spiro atoms. The average Bonchev–Trinajstić information content (AvgIpc) is 3.70. The molecule has 2 aromatic heterocycles. The van der Waals surface area contributed by atoms with Crippen LogP contribution in [0.1, 0.15) is 92.2 Å². The number of carboxylic acids is 1. The molecule has 0 saturated heterocycles. The number of carbonyl (C=O) groups is 3. The summed E-state index contributed by atoms with van der Waals surface area (Å²) in [5, 5.41) is 17.1. The maximum absolute atomic E-state index is 13.6. The summed E-state index contributed by atoms with van der Waals surface area (Å²) in [7, 11) is 0. The van der Waals surface area contributed by atoms with Crippen molar-refractivity contribution in [2.24, 2.45) is 0 Å². The van der Waals surface area contributed by atoms with E-state index in [4.69, 9.17) is 4.74 Å². The van der Waals surface area contributed by atoms with E-state index in [0.717, 1.165) is 46.6 Å². The molecule has 0 bridgehead atoms. The van der Waals surface area contributed by atoms with Crippen molar-refractivity contribution >= 4 is 29.1 Å². The lowest BCUT2D eigenvalue weighted by Gasteiger charge is -2.22. The molecule has 3 N–H and O–H groups in total. The van der Waals surface area contributed by atoms with E-state index in [1.54, 1.807) is 42.0 Å². The van der Waals surface area contributed by atoms with Gasteiger partial charge in [-0.25, -0.2) is 14.8 Å². The molecule has 9 nitrogen and oxygen atoms in total. The predicted molar refractivity (Wildman–Crippen MR) is 210 cm³/mol. The first kappa shape index (κ1) is 38.9. The number of aliphatic carboxylic acids is 1. The highest BCUT2D eigenvalue weighted by atomic mass is 32.1. The van der Waals surface area contributed by atoms with Gasteiger partial charge >= 0.3 is 5.97 Å². The molecule has 5 aromatic rings. The van der Waals surface area contributed by atoms with Crippen molar-refractivity contribution in [1.29, 1.82) is 0 Å². The number of carbonyl (C=O) groups excluding carboxylic acids is 2. The van der Waals surface area contributed by atoms with E-state index in [2.05, 4.69) is 48.3 Å². The second kappa shape index (κ2) is 18.4. The molecule has 53 heavy (non-hydrogen) atoms. The molecule has 1 unspecified atom stereocenters. The molecule has 0 aliphatic carbocycles. The minimum atomic E-state index is -1.24. The number of carboxylic acid groups (broad SMARTS) is 1. The molecule has 0 aliphatic heterocycles. The average molecular weight is 733 g/mol. The molecule has 5 rings (SSSR count). The molecule has 2 amide bonds. The number of aromatic nitrogens is 2. The highest BCUT2D eigenvalue weighted by Crippen LogP contribution is 2.25. The topological polar surface area (TPSA) is 131 Å². The van der Waals surface area contributed by atoms with Crippen LogP contribution < -0.4 is 15.4 Å². The summed E-state index contributed by atoms with van der Waals surface area (Å²) in [6.45, 7) is 9.20. The van der Waals surface area contributed by atoms with Crippen LogP contribution in [0, 0.1) is 0 Å². The number of rotatable bonds is 17. The Balaban J connectivity index is 1.26. The molecule has 2 atom stereocenters. The van der Waals surface area contributed by atoms with Crippen LogP contribution in [0.15, 0.2) is 103 Å². The standard InChI is InChI=1S/C43H48N4O5S/c1-5-6-7-8-9-24-52-35-22-18-30(19-23-35)33-27-44-39(45-28-33)31-14-12-29(13-15-31)26-36(41(49)47-38(42(50)51)37-11-10-25-53-37)46-40(48)32-16-20-34(21-17-32)43(2,3)4/h10-23,25,27-28,36,38H,5-9,24,26H2,1-4H3,(H,46,48)(H,47,49)(H,50,51)/t36-,38?/m0/s1. The van der Waals surface area contributed by atoms with Gasteiger partial charge in [0, 0.05) is 40.4 Å². The summed E-state index contributed by atoms with van der Waals surface area (Å²) in [6.07, 6.45) is 9.70. The largest absolute Gasteiger partial charge is 0.494 e. The lowest BCUT2D eigenvalue weighted by atomic mass is 9.86. The number of hydrogen-bond donors (Lipinski definition) is 3. The van der Waals surface area contributed by atoms with Crippen LogP contribution in [0.5, 0.6) is 5.75 Å². The zero-order valence-electron chi connectivity index (χ0n) is 30.8. The number of nitrogens with zero attached hydrogens (tertiary/aromatic N) is 2. The van der Waals surface area contributed by atoms with Gasteiger partial charge in [-0.15, -0.1) is 11.3 Å². The van der Waals surface area contributed by atoms with E-state index in [0.29, 0.717) is 16.3 Å². The van der Waals surface area contributed by atoms with Gasteiger partial charge in [0.2, 0.25) is 5.91 Å². The lowest BCUT2D eigenvalue weighted by Crippen LogP contribution is -2.49. The summed E-state index contributed by atoms with van der Waals surface area (Å²) in [5.41, 5.74) is 4.82. The molecule has 0 fully saturated rings. The van der Waals surface area contributed by atoms with Gasteiger partial charge in [0.05, 0.1) is 6.61 Å². The Morgan fingerprint density at radius 3 is 2.06 bits per heavy atom. The first-order chi connectivity index (χ1) is 25.5. The van der Waals surface area contributed by atoms with E-state index in [1.807, 2.05) is 60.7 Å². The minimum absolute atomic E-state index is 0.0843. The van der Waals surface area contributed by atoms with Gasteiger partial charge < -0.3 is 20.5 Å². The molecule has 0 radical (unpaired) electrons. The van der Waals surface area contributed by atoms with Gasteiger partial charge in [0.15, 0.2) is 11.9 Å². The smallest absolute Gasteiger partial charge is 0.331 e. The number of nitrogens with one attached hydrogen (secondary N) is 2. The molecule has 276 valence electrons. The van der Waals surface area contributed by atoms with Gasteiger partial charge in [-0.05, 0) is 64.2 Å². The minimum Gasteiger partial charge on any atom is -0.494 e. The Labute approximate surface area is 315 Å². The normalized spacial score (nSPS) is 12.5. The van der Waals surface area contributed by atoms with E-state index in [1.165, 1.54) is 37.0 Å². The van der Waals surface area contributed by atoms with Gasteiger partial charge in [-0.1, -0.05) is 108 Å². The first-order valence-electron chi connectivity index (χ1n) is 18.1. The van der Waals surface area contributed by atoms with Crippen molar-refractivity contribution in [3.05, 3.63) is 124 Å². The van der Waals surface area contributed by atoms with E-state index in [9.17, 15) is 19.5 Å². The highest BCUT2D eigenvalue weighted by molar-refractivity contribution is 7.10. The first-order valence-corrected chi connectivity index (χ1v) is 19.0. The monoisotopic (exact) mass is 732 g/mol. The second-order valence-electron chi connectivity index (χ2n) is 14.1. The zero-order chi connectivity index (χ0) is 37.8. The van der Waals surface area contributed by atoms with Crippen molar-refractivity contribution in [1.82, 2.24) is 20.6 Å². The molecule has 3 aromatic carbocycles. The Morgan fingerprint density at radius 1 is 0.792 bits per heavy atom. The third-order valence-electron chi connectivity index (χ3n) is 9.00. The Bertz CT molecular complexity index is 1920. The molecule has 2 heterocycles. The fourth-order valence-corrected chi connectivity index (χ4v) is 6.58. The van der Waals surface area contributed by atoms with Crippen LogP contribution in [-0.2, 0) is 21.4 Å². The quantitative estimate of drug-likeness (QED) is 0.0815. The van der Waals surface area contributed by atoms with Crippen LogP contribution in [0.25, 0.3) is 22.5 Å². The molecule has 10 heteroatoms. The number of hydrogen-bond acceptors (Lipinski definition) is 7. The van der Waals surface area contributed by atoms with Gasteiger partial charge in [0.1, 0.15) is 11.8 Å². The Hall–Kier alpha value is -5.35. The molecular formula is C43H48N4O5S. The number of thiophene rings is 1. The molecule has 0 aliphatic rings. The molecule has 0 saturated carbocycles. The van der Waals surface area contributed by atoms with Gasteiger partial charge in [-0.3, -0.25) is 9.59 Å². The Kier molecular flexibility index (Phi) is 13.5. The Morgan fingerprint density at radius 2 is 1.45 bits per heavy atom. The van der Waals surface area contributed by atoms with E-state index >= 15 is 0 Å². The zero-order valence-corrected chi connectivity index (χ0v) is 31.6. The third-order valence-corrected chi connectivity index (χ3v) is 9.94. The van der Waals surface area contributed by atoms with Gasteiger partial charge in [-0.2, -0.15) is 0 Å². The summed E-state index contributed by atoms with van der Waals surface area (Å²) < 4.78 is 5.90.